The smallest absolute Gasteiger partial charge is 0.337 e. The number of fused-ring (bicyclic) bond motifs is 1. The first-order valence-corrected chi connectivity index (χ1v) is 9.78. The Morgan fingerprint density at radius 3 is 2.83 bits per heavy atom. The van der Waals surface area contributed by atoms with Gasteiger partial charge in [-0.25, -0.2) is 4.79 Å². The maximum atomic E-state index is 12.0. The van der Waals surface area contributed by atoms with E-state index in [9.17, 15) is 9.90 Å². The monoisotopic (exact) mass is 353 g/mol. The zero-order chi connectivity index (χ0) is 16.8. The minimum Gasteiger partial charge on any atom is -0.478 e. The summed E-state index contributed by atoms with van der Waals surface area (Å²) < 4.78 is 1.94. The third-order valence-corrected chi connectivity index (χ3v) is 7.10. The van der Waals surface area contributed by atoms with Crippen LogP contribution >= 0.6 is 24.2 Å². The third-order valence-electron chi connectivity index (χ3n) is 5.51. The van der Waals surface area contributed by atoms with Crippen molar-refractivity contribution in [3.63, 3.8) is 0 Å². The summed E-state index contributed by atoms with van der Waals surface area (Å²) in [4.78, 5) is 14.5. The predicted molar refractivity (Wildman–Crippen MR) is 98.8 cm³/mol. The van der Waals surface area contributed by atoms with Crippen molar-refractivity contribution in [2.24, 2.45) is 11.3 Å². The van der Waals surface area contributed by atoms with Crippen LogP contribution in [-0.4, -0.2) is 29.0 Å². The maximum Gasteiger partial charge on any atom is 0.337 e. The van der Waals surface area contributed by atoms with E-state index in [1.165, 1.54) is 17.7 Å². The van der Waals surface area contributed by atoms with E-state index in [1.54, 1.807) is 11.3 Å². The lowest BCUT2D eigenvalue weighted by molar-refractivity contribution is 0.0693. The highest BCUT2D eigenvalue weighted by atomic mass is 32.1. The van der Waals surface area contributed by atoms with Crippen molar-refractivity contribution >= 4 is 30.1 Å². The summed E-state index contributed by atoms with van der Waals surface area (Å²) in [6, 6.07) is 0. The molecule has 2 aliphatic rings. The Morgan fingerprint density at radius 1 is 1.43 bits per heavy atom. The van der Waals surface area contributed by atoms with Gasteiger partial charge < -0.3 is 5.11 Å². The van der Waals surface area contributed by atoms with Crippen LogP contribution in [0.15, 0.2) is 0 Å². The van der Waals surface area contributed by atoms with Crippen LogP contribution in [0.5, 0.6) is 0 Å². The predicted octanol–water partition coefficient (Wildman–Crippen LogP) is 4.62. The largest absolute Gasteiger partial charge is 0.478 e. The molecule has 0 aliphatic heterocycles. The average Bonchev–Trinajstić information content (AvgIpc) is 3.00. The number of carboxylic acid groups (broad SMARTS) is 1. The van der Waals surface area contributed by atoms with E-state index in [2.05, 4.69) is 26.7 Å². The normalized spacial score (nSPS) is 26.5. The zero-order valence-corrected chi connectivity index (χ0v) is 16.0. The first-order valence-electron chi connectivity index (χ1n) is 8.56. The quantitative estimate of drug-likeness (QED) is 0.776. The van der Waals surface area contributed by atoms with Gasteiger partial charge >= 0.3 is 5.97 Å². The van der Waals surface area contributed by atoms with Gasteiger partial charge in [-0.1, -0.05) is 33.1 Å². The Bertz CT molecular complexity index is 606. The summed E-state index contributed by atoms with van der Waals surface area (Å²) in [7, 11) is 1.98. The molecule has 0 aromatic carbocycles. The molecule has 0 bridgehead atoms. The zero-order valence-electron chi connectivity index (χ0n) is 14.3. The van der Waals surface area contributed by atoms with Gasteiger partial charge in [0.15, 0.2) is 0 Å². The number of hydrogen-bond acceptors (Lipinski definition) is 4. The molecule has 0 radical (unpaired) electrons. The fourth-order valence-corrected chi connectivity index (χ4v) is 6.13. The van der Waals surface area contributed by atoms with Crippen molar-refractivity contribution in [1.29, 1.82) is 0 Å². The van der Waals surface area contributed by atoms with Gasteiger partial charge in [0.05, 0.1) is 5.56 Å². The van der Waals surface area contributed by atoms with E-state index in [-0.39, 0.29) is 5.41 Å². The van der Waals surface area contributed by atoms with Crippen molar-refractivity contribution in [2.45, 2.75) is 58.3 Å². The van der Waals surface area contributed by atoms with Gasteiger partial charge in [-0.2, -0.15) is 0 Å². The molecule has 1 fully saturated rings. The number of carboxylic acids is 1. The van der Waals surface area contributed by atoms with E-state index in [0.717, 1.165) is 42.7 Å². The summed E-state index contributed by atoms with van der Waals surface area (Å²) in [6.07, 6.45) is 6.61. The summed E-state index contributed by atoms with van der Waals surface area (Å²) in [6.45, 7) is 5.45. The lowest BCUT2D eigenvalue weighted by atomic mass is 9.75. The number of nitrogens with zero attached hydrogens (tertiary/aromatic N) is 1. The van der Waals surface area contributed by atoms with Gasteiger partial charge in [-0.05, 0) is 62.0 Å². The van der Waals surface area contributed by atoms with E-state index >= 15 is 0 Å². The molecule has 2 aliphatic carbocycles. The maximum absolute atomic E-state index is 12.0. The number of aromatic carboxylic acids is 1. The summed E-state index contributed by atoms with van der Waals surface area (Å²) in [5, 5.41) is 9.89. The third kappa shape index (κ3) is 3.47. The van der Waals surface area contributed by atoms with E-state index < -0.39 is 5.97 Å². The van der Waals surface area contributed by atoms with Crippen LogP contribution < -0.4 is 0 Å². The van der Waals surface area contributed by atoms with E-state index in [0.29, 0.717) is 17.4 Å². The van der Waals surface area contributed by atoms with Crippen LogP contribution in [0.4, 0.5) is 0 Å². The molecule has 23 heavy (non-hydrogen) atoms. The van der Waals surface area contributed by atoms with Crippen molar-refractivity contribution in [3.8, 4) is 0 Å². The molecular weight excluding hydrogens is 326 g/mol. The minimum absolute atomic E-state index is 0.218. The number of aryl methyl sites for hydroxylation is 1. The molecule has 3 nitrogen and oxygen atoms in total. The standard InChI is InChI=1S/C18H27NO2S2/c1-18(2)8-7-14-13(9-18)15(17(20)21)16(23-14)12-6-4-5-11(12)10-19(3)22/h11-12,22H,4-10H2,1-3H3,(H,20,21)/t11-,12-/m1/s1. The Hall–Kier alpha value is -0.520. The molecule has 1 saturated carbocycles. The van der Waals surface area contributed by atoms with Crippen LogP contribution in [0, 0.1) is 11.3 Å². The second-order valence-electron chi connectivity index (χ2n) is 8.03. The van der Waals surface area contributed by atoms with Gasteiger partial charge in [0.2, 0.25) is 0 Å². The van der Waals surface area contributed by atoms with Crippen LogP contribution in [0.1, 0.15) is 71.1 Å². The van der Waals surface area contributed by atoms with Gasteiger partial charge in [0, 0.05) is 16.3 Å². The number of carbonyl (C=O) groups is 1. The molecule has 128 valence electrons. The summed E-state index contributed by atoms with van der Waals surface area (Å²) >= 11 is 6.20. The SMILES string of the molecule is CN(S)C[C@H]1CCC[C@H]1c1sc2c(c1C(=O)O)CC(C)(C)CC2. The first-order chi connectivity index (χ1) is 10.8. The van der Waals surface area contributed by atoms with Gasteiger partial charge in [-0.3, -0.25) is 4.31 Å². The highest BCUT2D eigenvalue weighted by Crippen LogP contribution is 2.49. The molecule has 1 aromatic rings. The number of hydrogen-bond donors (Lipinski definition) is 2. The molecule has 0 spiro atoms. The second kappa shape index (κ2) is 6.41. The molecule has 0 amide bonds. The molecular formula is C18H27NO2S2. The van der Waals surface area contributed by atoms with Crippen molar-refractivity contribution < 1.29 is 9.90 Å². The fraction of sp³-hybridized carbons (Fsp3) is 0.722. The summed E-state index contributed by atoms with van der Waals surface area (Å²) in [5.41, 5.74) is 2.01. The number of thiol groups is 1. The first kappa shape index (κ1) is 17.3. The van der Waals surface area contributed by atoms with Crippen LogP contribution in [0.2, 0.25) is 0 Å². The Kier molecular flexibility index (Phi) is 4.83. The minimum atomic E-state index is -0.722. The van der Waals surface area contributed by atoms with Crippen molar-refractivity contribution in [1.82, 2.24) is 4.31 Å². The van der Waals surface area contributed by atoms with E-state index in [1.807, 2.05) is 11.4 Å². The Labute approximate surface area is 148 Å². The van der Waals surface area contributed by atoms with Gasteiger partial charge in [0.1, 0.15) is 0 Å². The lowest BCUT2D eigenvalue weighted by Crippen LogP contribution is -2.23. The highest BCUT2D eigenvalue weighted by Gasteiger charge is 2.38. The van der Waals surface area contributed by atoms with Gasteiger partial charge in [0.25, 0.3) is 0 Å². The van der Waals surface area contributed by atoms with Crippen LogP contribution in [-0.2, 0) is 12.8 Å². The molecule has 0 saturated heterocycles. The molecule has 2 atom stereocenters. The number of thiophene rings is 1. The molecule has 0 unspecified atom stereocenters. The summed E-state index contributed by atoms with van der Waals surface area (Å²) in [5.74, 6) is 0.207. The molecule has 5 heteroatoms. The van der Waals surface area contributed by atoms with Crippen molar-refractivity contribution in [2.75, 3.05) is 13.6 Å². The molecule has 1 N–H and O–H groups in total. The van der Waals surface area contributed by atoms with Crippen LogP contribution in [0.25, 0.3) is 0 Å². The lowest BCUT2D eigenvalue weighted by Gasteiger charge is -2.29. The topological polar surface area (TPSA) is 40.5 Å². The fourth-order valence-electron chi connectivity index (χ4n) is 4.38. The van der Waals surface area contributed by atoms with Crippen LogP contribution in [0.3, 0.4) is 0 Å². The Morgan fingerprint density at radius 2 is 2.17 bits per heavy atom. The van der Waals surface area contributed by atoms with E-state index in [4.69, 9.17) is 0 Å². The average molecular weight is 354 g/mol. The second-order valence-corrected chi connectivity index (χ2v) is 9.85. The van der Waals surface area contributed by atoms with Crippen molar-refractivity contribution in [3.05, 3.63) is 20.9 Å². The molecule has 1 heterocycles. The molecule has 1 aromatic heterocycles. The molecule has 3 rings (SSSR count). The number of rotatable bonds is 4. The Balaban J connectivity index is 2.00. The highest BCUT2D eigenvalue weighted by molar-refractivity contribution is 7.77. The van der Waals surface area contributed by atoms with Gasteiger partial charge in [-0.15, -0.1) is 11.3 Å².